The highest BCUT2D eigenvalue weighted by Gasteiger charge is 2.21. The van der Waals surface area contributed by atoms with E-state index in [-0.39, 0.29) is 28.8 Å². The minimum Gasteiger partial charge on any atom is -0.465 e. The van der Waals surface area contributed by atoms with Crippen molar-refractivity contribution in [3.63, 3.8) is 0 Å². The lowest BCUT2D eigenvalue weighted by Crippen LogP contribution is -2.12. The molecule has 21 heavy (non-hydrogen) atoms. The van der Waals surface area contributed by atoms with E-state index in [2.05, 4.69) is 4.74 Å². The Morgan fingerprint density at radius 3 is 2.57 bits per heavy atom. The third kappa shape index (κ3) is 2.86. The number of methoxy groups -OCH3 is 1. The Labute approximate surface area is 121 Å². The maximum absolute atomic E-state index is 14.4. The molecular formula is C16H15F2NO2. The van der Waals surface area contributed by atoms with Crippen LogP contribution in [0.1, 0.15) is 27.0 Å². The van der Waals surface area contributed by atoms with E-state index < -0.39 is 17.6 Å². The van der Waals surface area contributed by atoms with E-state index in [1.54, 1.807) is 19.1 Å². The molecule has 5 heteroatoms. The van der Waals surface area contributed by atoms with Gasteiger partial charge in [0.15, 0.2) is 5.82 Å². The van der Waals surface area contributed by atoms with Gasteiger partial charge in [-0.25, -0.2) is 13.6 Å². The van der Waals surface area contributed by atoms with Gasteiger partial charge >= 0.3 is 5.97 Å². The monoisotopic (exact) mass is 291 g/mol. The zero-order chi connectivity index (χ0) is 15.6. The van der Waals surface area contributed by atoms with Gasteiger partial charge in [0.25, 0.3) is 0 Å². The first kappa shape index (κ1) is 15.0. The lowest BCUT2D eigenvalue weighted by atomic mass is 9.95. The second-order valence-corrected chi connectivity index (χ2v) is 4.71. The molecule has 2 aromatic carbocycles. The number of carbonyl (C=O) groups is 1. The van der Waals surface area contributed by atoms with Crippen LogP contribution in [0.25, 0.3) is 0 Å². The summed E-state index contributed by atoms with van der Waals surface area (Å²) < 4.78 is 32.8. The van der Waals surface area contributed by atoms with Gasteiger partial charge in [-0.05, 0) is 30.2 Å². The quantitative estimate of drug-likeness (QED) is 0.697. The van der Waals surface area contributed by atoms with Crippen LogP contribution in [0.4, 0.5) is 14.5 Å². The van der Waals surface area contributed by atoms with Gasteiger partial charge in [0, 0.05) is 12.0 Å². The van der Waals surface area contributed by atoms with E-state index in [1.165, 1.54) is 25.3 Å². The number of rotatable bonds is 3. The summed E-state index contributed by atoms with van der Waals surface area (Å²) in [5, 5.41) is 0. The average Bonchev–Trinajstić information content (AvgIpc) is 2.48. The van der Waals surface area contributed by atoms with Gasteiger partial charge in [0.1, 0.15) is 5.82 Å². The first-order chi connectivity index (χ1) is 9.95. The van der Waals surface area contributed by atoms with E-state index in [0.717, 1.165) is 0 Å². The molecule has 0 spiro atoms. The Balaban J connectivity index is 2.59. The number of halogens is 2. The summed E-state index contributed by atoms with van der Waals surface area (Å²) in [5.41, 5.74) is 6.43. The molecule has 0 amide bonds. The molecule has 110 valence electrons. The Hall–Kier alpha value is -2.43. The fourth-order valence-corrected chi connectivity index (χ4v) is 2.13. The van der Waals surface area contributed by atoms with Crippen LogP contribution < -0.4 is 5.73 Å². The van der Waals surface area contributed by atoms with Gasteiger partial charge in [-0.2, -0.15) is 0 Å². The van der Waals surface area contributed by atoms with E-state index in [0.29, 0.717) is 5.56 Å². The number of carbonyl (C=O) groups excluding carboxylic acids is 1. The minimum absolute atomic E-state index is 0.0371. The number of aryl methyl sites for hydroxylation is 1. The van der Waals surface area contributed by atoms with Crippen LogP contribution in [0.3, 0.4) is 0 Å². The van der Waals surface area contributed by atoms with Gasteiger partial charge in [-0.15, -0.1) is 0 Å². The molecule has 0 fully saturated rings. The van der Waals surface area contributed by atoms with Crippen LogP contribution in [0, 0.1) is 18.6 Å². The lowest BCUT2D eigenvalue weighted by Gasteiger charge is -2.13. The Morgan fingerprint density at radius 1 is 1.29 bits per heavy atom. The zero-order valence-electron chi connectivity index (χ0n) is 11.7. The highest BCUT2D eigenvalue weighted by molar-refractivity contribution is 5.92. The van der Waals surface area contributed by atoms with Crippen LogP contribution in [0.2, 0.25) is 0 Å². The second-order valence-electron chi connectivity index (χ2n) is 4.71. The number of nitrogen functional groups attached to an aromatic ring is 1. The summed E-state index contributed by atoms with van der Waals surface area (Å²) in [4.78, 5) is 11.8. The summed E-state index contributed by atoms with van der Waals surface area (Å²) in [7, 11) is 1.21. The Kier molecular flexibility index (Phi) is 4.21. The molecule has 0 aliphatic heterocycles. The smallest absolute Gasteiger partial charge is 0.338 e. The number of benzene rings is 2. The molecule has 0 unspecified atom stereocenters. The number of nitrogens with two attached hydrogens (primary N) is 1. The van der Waals surface area contributed by atoms with Crippen molar-refractivity contribution < 1.29 is 18.3 Å². The maximum Gasteiger partial charge on any atom is 0.338 e. The van der Waals surface area contributed by atoms with Crippen molar-refractivity contribution in [3.05, 3.63) is 64.2 Å². The second kappa shape index (κ2) is 5.91. The van der Waals surface area contributed by atoms with Gasteiger partial charge in [-0.1, -0.05) is 18.2 Å². The van der Waals surface area contributed by atoms with Crippen molar-refractivity contribution in [3.8, 4) is 0 Å². The molecule has 3 nitrogen and oxygen atoms in total. The van der Waals surface area contributed by atoms with Gasteiger partial charge in [-0.3, -0.25) is 0 Å². The first-order valence-corrected chi connectivity index (χ1v) is 6.34. The van der Waals surface area contributed by atoms with Crippen molar-refractivity contribution in [2.75, 3.05) is 12.8 Å². The molecule has 0 aliphatic carbocycles. The molecule has 0 aromatic heterocycles. The maximum atomic E-state index is 14.4. The summed E-state index contributed by atoms with van der Waals surface area (Å²) in [6.07, 6.45) is -0.0760. The van der Waals surface area contributed by atoms with Crippen LogP contribution in [-0.2, 0) is 11.2 Å². The van der Waals surface area contributed by atoms with Gasteiger partial charge in [0.05, 0.1) is 18.4 Å². The molecule has 0 heterocycles. The number of ether oxygens (including phenoxy) is 1. The third-order valence-corrected chi connectivity index (χ3v) is 3.34. The fourth-order valence-electron chi connectivity index (χ4n) is 2.13. The van der Waals surface area contributed by atoms with Gasteiger partial charge < -0.3 is 10.5 Å². The fraction of sp³-hybridized carbons (Fsp3) is 0.188. The third-order valence-electron chi connectivity index (χ3n) is 3.34. The predicted octanol–water partition coefficient (Wildman–Crippen LogP) is 3.23. The van der Waals surface area contributed by atoms with Crippen molar-refractivity contribution in [2.24, 2.45) is 0 Å². The molecular weight excluding hydrogens is 276 g/mol. The van der Waals surface area contributed by atoms with E-state index >= 15 is 0 Å². The SMILES string of the molecule is COC(=O)c1cc(C)c(N)c(F)c1Cc1ccccc1F. The van der Waals surface area contributed by atoms with Crippen molar-refractivity contribution in [1.82, 2.24) is 0 Å². The highest BCUT2D eigenvalue weighted by atomic mass is 19.1. The molecule has 2 rings (SSSR count). The van der Waals surface area contributed by atoms with Gasteiger partial charge in [0.2, 0.25) is 0 Å². The first-order valence-electron chi connectivity index (χ1n) is 6.34. The standard InChI is InChI=1S/C16H15F2NO2/c1-9-7-12(16(20)21-2)11(14(18)15(9)19)8-10-5-3-4-6-13(10)17/h3-7H,8,19H2,1-2H3. The molecule has 0 saturated heterocycles. The van der Waals surface area contributed by atoms with E-state index in [4.69, 9.17) is 5.73 Å². The van der Waals surface area contributed by atoms with Crippen molar-refractivity contribution in [1.29, 1.82) is 0 Å². The normalized spacial score (nSPS) is 10.5. The molecule has 0 bridgehead atoms. The minimum atomic E-state index is -0.710. The average molecular weight is 291 g/mol. The summed E-state index contributed by atoms with van der Waals surface area (Å²) in [6.45, 7) is 1.59. The van der Waals surface area contributed by atoms with Crippen molar-refractivity contribution >= 4 is 11.7 Å². The van der Waals surface area contributed by atoms with Crippen LogP contribution in [0.15, 0.2) is 30.3 Å². The topological polar surface area (TPSA) is 52.3 Å². The van der Waals surface area contributed by atoms with Crippen LogP contribution >= 0.6 is 0 Å². The van der Waals surface area contributed by atoms with Crippen LogP contribution in [-0.4, -0.2) is 13.1 Å². The summed E-state index contributed by atoms with van der Waals surface area (Å²) in [6, 6.07) is 7.46. The number of anilines is 1. The van der Waals surface area contributed by atoms with E-state index in [9.17, 15) is 13.6 Å². The molecule has 2 N–H and O–H groups in total. The lowest BCUT2D eigenvalue weighted by molar-refractivity contribution is 0.0599. The van der Waals surface area contributed by atoms with Crippen molar-refractivity contribution in [2.45, 2.75) is 13.3 Å². The highest BCUT2D eigenvalue weighted by Crippen LogP contribution is 2.27. The molecule has 0 aliphatic rings. The number of hydrogen-bond acceptors (Lipinski definition) is 3. The van der Waals surface area contributed by atoms with Crippen LogP contribution in [0.5, 0.6) is 0 Å². The summed E-state index contributed by atoms with van der Waals surface area (Å²) >= 11 is 0. The summed E-state index contributed by atoms with van der Waals surface area (Å²) in [5.74, 6) is -1.85. The number of esters is 1. The largest absolute Gasteiger partial charge is 0.465 e. The molecule has 0 atom stereocenters. The number of hydrogen-bond donors (Lipinski definition) is 1. The zero-order valence-corrected chi connectivity index (χ0v) is 11.7. The predicted molar refractivity (Wildman–Crippen MR) is 76.1 cm³/mol. The Bertz CT molecular complexity index is 699. The molecule has 2 aromatic rings. The molecule has 0 saturated carbocycles. The molecule has 0 radical (unpaired) electrons. The Morgan fingerprint density at radius 2 is 1.95 bits per heavy atom. The van der Waals surface area contributed by atoms with E-state index in [1.807, 2.05) is 0 Å².